The molecule has 0 radical (unpaired) electrons. The molecule has 0 unspecified atom stereocenters. The number of methoxy groups -OCH3 is 1. The van der Waals surface area contributed by atoms with E-state index in [1.165, 1.54) is 0 Å². The van der Waals surface area contributed by atoms with E-state index < -0.39 is 17.9 Å². The standard InChI is InChI=1S/C23H30F2O2/c1-4-10-23(27-3)11-9-19-17-7-5-14-12-15(26)6-8-16(14)20(17)18(21(24)25)13-22(19,23)2/h12,16-21H,5-9,11,13H2,1-3H3/t16-,17-,18-,19-,20+,22-,23-/m0/s1. The van der Waals surface area contributed by atoms with Crippen molar-refractivity contribution in [2.45, 2.75) is 70.8 Å². The zero-order chi connectivity index (χ0) is 19.4. The van der Waals surface area contributed by atoms with E-state index in [0.29, 0.717) is 18.8 Å². The highest BCUT2D eigenvalue weighted by Crippen LogP contribution is 2.67. The SMILES string of the molecule is CC#C[C@]1(OC)CC[C@H]2[C@@H]3CCC4=CC(=O)CC[C@@H]4[C@H]3[C@@H](C(F)F)C[C@@]21C. The van der Waals surface area contributed by atoms with E-state index >= 15 is 0 Å². The first-order valence-corrected chi connectivity index (χ1v) is 10.4. The van der Waals surface area contributed by atoms with Gasteiger partial charge in [0.25, 0.3) is 0 Å². The number of rotatable bonds is 2. The van der Waals surface area contributed by atoms with E-state index in [2.05, 4.69) is 18.8 Å². The van der Waals surface area contributed by atoms with E-state index in [9.17, 15) is 13.6 Å². The smallest absolute Gasteiger partial charge is 0.241 e. The molecule has 0 aromatic heterocycles. The Kier molecular flexibility index (Phi) is 4.74. The first-order valence-electron chi connectivity index (χ1n) is 10.4. The van der Waals surface area contributed by atoms with Crippen molar-refractivity contribution in [1.82, 2.24) is 0 Å². The largest absolute Gasteiger partial charge is 0.365 e. The van der Waals surface area contributed by atoms with Gasteiger partial charge in [-0.05, 0) is 75.2 Å². The molecular formula is C23H30F2O2. The van der Waals surface area contributed by atoms with Crippen LogP contribution < -0.4 is 0 Å². The van der Waals surface area contributed by atoms with Crippen LogP contribution in [0.3, 0.4) is 0 Å². The lowest BCUT2D eigenvalue weighted by atomic mass is 9.47. The molecule has 3 saturated carbocycles. The van der Waals surface area contributed by atoms with Crippen LogP contribution in [0, 0.1) is 46.8 Å². The topological polar surface area (TPSA) is 26.3 Å². The normalized spacial score (nSPS) is 46.1. The summed E-state index contributed by atoms with van der Waals surface area (Å²) < 4.78 is 34.6. The van der Waals surface area contributed by atoms with Crippen LogP contribution in [0.25, 0.3) is 0 Å². The Morgan fingerprint density at radius 2 is 2.04 bits per heavy atom. The summed E-state index contributed by atoms with van der Waals surface area (Å²) in [5, 5.41) is 0. The van der Waals surface area contributed by atoms with Crippen LogP contribution in [0.4, 0.5) is 8.78 Å². The van der Waals surface area contributed by atoms with Crippen molar-refractivity contribution in [3.05, 3.63) is 11.6 Å². The van der Waals surface area contributed by atoms with E-state index in [4.69, 9.17) is 4.74 Å². The summed E-state index contributed by atoms with van der Waals surface area (Å²) in [5.41, 5.74) is 0.202. The maximum Gasteiger partial charge on any atom is 0.241 e. The lowest BCUT2D eigenvalue weighted by molar-refractivity contribution is -0.152. The van der Waals surface area contributed by atoms with Gasteiger partial charge in [0.05, 0.1) is 0 Å². The number of hydrogen-bond donors (Lipinski definition) is 0. The van der Waals surface area contributed by atoms with Crippen LogP contribution >= 0.6 is 0 Å². The van der Waals surface area contributed by atoms with Crippen LogP contribution in [0.1, 0.15) is 58.8 Å². The Balaban J connectivity index is 1.76. The van der Waals surface area contributed by atoms with Crippen molar-refractivity contribution in [2.24, 2.45) is 35.0 Å². The lowest BCUT2D eigenvalue weighted by Gasteiger charge is -2.58. The summed E-state index contributed by atoms with van der Waals surface area (Å²) in [6.45, 7) is 3.96. The van der Waals surface area contributed by atoms with E-state index in [0.717, 1.165) is 37.7 Å². The highest BCUT2D eigenvalue weighted by Gasteiger charge is 2.66. The molecule has 0 heterocycles. The molecule has 0 amide bonds. The van der Waals surface area contributed by atoms with Crippen molar-refractivity contribution < 1.29 is 18.3 Å². The van der Waals surface area contributed by atoms with E-state index in [1.54, 1.807) is 13.2 Å². The minimum absolute atomic E-state index is 0.00147. The highest BCUT2D eigenvalue weighted by atomic mass is 19.3. The minimum Gasteiger partial charge on any atom is -0.365 e. The fraction of sp³-hybridized carbons (Fsp3) is 0.783. The third-order valence-corrected chi connectivity index (χ3v) is 8.47. The molecule has 2 nitrogen and oxygen atoms in total. The zero-order valence-electron chi connectivity index (χ0n) is 16.6. The molecule has 4 aliphatic carbocycles. The number of ketones is 1. The summed E-state index contributed by atoms with van der Waals surface area (Å²) in [5.74, 6) is 6.67. The fourth-order valence-electron chi connectivity index (χ4n) is 7.42. The highest BCUT2D eigenvalue weighted by molar-refractivity contribution is 5.91. The van der Waals surface area contributed by atoms with E-state index in [1.807, 2.05) is 6.92 Å². The van der Waals surface area contributed by atoms with Crippen molar-refractivity contribution in [2.75, 3.05) is 7.11 Å². The molecule has 4 aliphatic rings. The van der Waals surface area contributed by atoms with Gasteiger partial charge < -0.3 is 4.74 Å². The second-order valence-electron chi connectivity index (χ2n) is 9.28. The van der Waals surface area contributed by atoms with Gasteiger partial charge in [0, 0.05) is 24.9 Å². The molecule has 0 bridgehead atoms. The summed E-state index contributed by atoms with van der Waals surface area (Å²) in [6.07, 6.45) is 4.81. The molecule has 4 rings (SSSR count). The number of carbonyl (C=O) groups is 1. The summed E-state index contributed by atoms with van der Waals surface area (Å²) >= 11 is 0. The summed E-state index contributed by atoms with van der Waals surface area (Å²) in [4.78, 5) is 11.9. The summed E-state index contributed by atoms with van der Waals surface area (Å²) in [7, 11) is 1.69. The molecule has 27 heavy (non-hydrogen) atoms. The Morgan fingerprint density at radius 1 is 1.26 bits per heavy atom. The second kappa shape index (κ2) is 6.69. The third kappa shape index (κ3) is 2.64. The lowest BCUT2D eigenvalue weighted by Crippen LogP contribution is -2.57. The van der Waals surface area contributed by atoms with Gasteiger partial charge in [0.2, 0.25) is 6.43 Å². The average molecular weight is 376 g/mol. The van der Waals surface area contributed by atoms with Gasteiger partial charge in [0.1, 0.15) is 5.60 Å². The minimum atomic E-state index is -2.34. The van der Waals surface area contributed by atoms with Crippen molar-refractivity contribution >= 4 is 5.78 Å². The molecule has 3 fully saturated rings. The molecule has 0 N–H and O–H groups in total. The van der Waals surface area contributed by atoms with Crippen LogP contribution in [-0.4, -0.2) is 24.9 Å². The van der Waals surface area contributed by atoms with Crippen LogP contribution in [0.2, 0.25) is 0 Å². The summed E-state index contributed by atoms with van der Waals surface area (Å²) in [6, 6.07) is 0. The zero-order valence-corrected chi connectivity index (χ0v) is 16.6. The van der Waals surface area contributed by atoms with Gasteiger partial charge in [0.15, 0.2) is 5.78 Å². The van der Waals surface area contributed by atoms with Crippen molar-refractivity contribution in [1.29, 1.82) is 0 Å². The monoisotopic (exact) mass is 376 g/mol. The molecule has 0 saturated heterocycles. The van der Waals surface area contributed by atoms with Crippen LogP contribution in [-0.2, 0) is 9.53 Å². The Morgan fingerprint density at radius 3 is 2.70 bits per heavy atom. The molecule has 4 heteroatoms. The van der Waals surface area contributed by atoms with Gasteiger partial charge in [-0.1, -0.05) is 18.4 Å². The average Bonchev–Trinajstić information content (AvgIpc) is 2.93. The molecule has 7 atom stereocenters. The number of allylic oxidation sites excluding steroid dienone is 1. The van der Waals surface area contributed by atoms with Crippen molar-refractivity contribution in [3.63, 3.8) is 0 Å². The fourth-order valence-corrected chi connectivity index (χ4v) is 7.42. The molecule has 148 valence electrons. The first-order chi connectivity index (χ1) is 12.9. The maximum absolute atomic E-state index is 14.3. The predicted molar refractivity (Wildman–Crippen MR) is 100 cm³/mol. The van der Waals surface area contributed by atoms with Gasteiger partial charge in [-0.25, -0.2) is 8.78 Å². The Bertz CT molecular complexity index is 718. The molecule has 0 aliphatic heterocycles. The Labute approximate surface area is 161 Å². The second-order valence-corrected chi connectivity index (χ2v) is 9.28. The molecule has 0 aromatic rings. The van der Waals surface area contributed by atoms with Gasteiger partial charge in [-0.15, -0.1) is 5.92 Å². The van der Waals surface area contributed by atoms with Crippen molar-refractivity contribution in [3.8, 4) is 11.8 Å². The molecule has 0 aromatic carbocycles. The molecular weight excluding hydrogens is 346 g/mol. The van der Waals surface area contributed by atoms with Gasteiger partial charge >= 0.3 is 0 Å². The quantitative estimate of drug-likeness (QED) is 0.632. The van der Waals surface area contributed by atoms with E-state index in [-0.39, 0.29) is 29.0 Å². The molecule has 0 spiro atoms. The number of hydrogen-bond acceptors (Lipinski definition) is 2. The van der Waals surface area contributed by atoms with Crippen LogP contribution in [0.5, 0.6) is 0 Å². The Hall–Kier alpha value is -1.21. The number of halogens is 2. The van der Waals surface area contributed by atoms with Gasteiger partial charge in [-0.2, -0.15) is 0 Å². The maximum atomic E-state index is 14.3. The number of ether oxygens (including phenoxy) is 1. The first kappa shape index (κ1) is 19.1. The van der Waals surface area contributed by atoms with Gasteiger partial charge in [-0.3, -0.25) is 4.79 Å². The predicted octanol–water partition coefficient (Wildman–Crippen LogP) is 5.03. The number of carbonyl (C=O) groups excluding carboxylic acids is 1. The third-order valence-electron chi connectivity index (χ3n) is 8.47. The van der Waals surface area contributed by atoms with Crippen LogP contribution in [0.15, 0.2) is 11.6 Å². The number of alkyl halides is 2. The number of fused-ring (bicyclic) bond motifs is 5.